The van der Waals surface area contributed by atoms with Crippen molar-refractivity contribution in [2.75, 3.05) is 25.0 Å². The highest BCUT2D eigenvalue weighted by Crippen LogP contribution is 2.27. The highest BCUT2D eigenvalue weighted by atomic mass is 32.2. The zero-order valence-electron chi connectivity index (χ0n) is 16.3. The Kier molecular flexibility index (Phi) is 5.82. The third kappa shape index (κ3) is 3.93. The zero-order valence-corrected chi connectivity index (χ0v) is 17.1. The molecule has 0 spiro atoms. The summed E-state index contributed by atoms with van der Waals surface area (Å²) in [4.78, 5) is 14.8. The summed E-state index contributed by atoms with van der Waals surface area (Å²) in [6, 6.07) is 20.2. The molecular weight excluding hydrogens is 372 g/mol. The molecule has 0 heterocycles. The van der Waals surface area contributed by atoms with Gasteiger partial charge in [-0.25, -0.2) is 8.42 Å². The normalized spacial score (nSPS) is 11.7. The Morgan fingerprint density at radius 1 is 0.929 bits per heavy atom. The molecule has 28 heavy (non-hydrogen) atoms. The van der Waals surface area contributed by atoms with Gasteiger partial charge in [-0.15, -0.1) is 0 Å². The van der Waals surface area contributed by atoms with Crippen LogP contribution in [0.3, 0.4) is 0 Å². The van der Waals surface area contributed by atoms with Crippen LogP contribution in [0.4, 0.5) is 5.69 Å². The average Bonchev–Trinajstić information content (AvgIpc) is 2.69. The lowest BCUT2D eigenvalue weighted by Gasteiger charge is -2.25. The van der Waals surface area contributed by atoms with Gasteiger partial charge in [0, 0.05) is 19.0 Å². The van der Waals surface area contributed by atoms with Crippen LogP contribution in [0.15, 0.2) is 71.6 Å². The number of amides is 1. The van der Waals surface area contributed by atoms with Gasteiger partial charge in [0.25, 0.3) is 0 Å². The molecule has 0 radical (unpaired) electrons. The van der Waals surface area contributed by atoms with E-state index >= 15 is 0 Å². The van der Waals surface area contributed by atoms with E-state index in [2.05, 4.69) is 0 Å². The molecule has 3 rings (SSSR count). The summed E-state index contributed by atoms with van der Waals surface area (Å²) in [6.07, 6.45) is 0. The van der Waals surface area contributed by atoms with E-state index in [9.17, 15) is 13.2 Å². The van der Waals surface area contributed by atoms with Crippen LogP contribution < -0.4 is 4.90 Å². The second kappa shape index (κ2) is 8.12. The Balaban J connectivity index is 1.86. The van der Waals surface area contributed by atoms with Crippen molar-refractivity contribution in [3.63, 3.8) is 0 Å². The van der Waals surface area contributed by atoms with E-state index in [1.807, 2.05) is 56.3 Å². The van der Waals surface area contributed by atoms with Crippen LogP contribution in [0.1, 0.15) is 12.5 Å². The standard InChI is InChI=1S/C22H24N2O3S/c1-4-24(21-11-7-9-18-8-5-6-10-20(18)21)22(25)16-23(3)28(26,27)19-14-12-17(2)13-15-19/h5-15H,4,16H2,1-3H3. The van der Waals surface area contributed by atoms with Gasteiger partial charge in [0.05, 0.1) is 17.1 Å². The van der Waals surface area contributed by atoms with Crippen LogP contribution in [0.25, 0.3) is 10.8 Å². The predicted octanol–water partition coefficient (Wildman–Crippen LogP) is 3.82. The molecule has 6 heteroatoms. The first-order valence-electron chi connectivity index (χ1n) is 9.15. The molecule has 0 bridgehead atoms. The van der Waals surface area contributed by atoms with Gasteiger partial charge in [-0.2, -0.15) is 4.31 Å². The smallest absolute Gasteiger partial charge is 0.243 e. The molecular formula is C22H24N2O3S. The fraction of sp³-hybridized carbons (Fsp3) is 0.227. The lowest BCUT2D eigenvalue weighted by molar-refractivity contribution is -0.118. The lowest BCUT2D eigenvalue weighted by Crippen LogP contribution is -2.41. The molecule has 0 unspecified atom stereocenters. The number of fused-ring (bicyclic) bond motifs is 1. The van der Waals surface area contributed by atoms with Crippen LogP contribution in [-0.4, -0.2) is 38.8 Å². The monoisotopic (exact) mass is 396 g/mol. The number of nitrogens with zero attached hydrogens (tertiary/aromatic N) is 2. The van der Waals surface area contributed by atoms with Crippen LogP contribution in [0.2, 0.25) is 0 Å². The molecule has 0 aliphatic heterocycles. The van der Waals surface area contributed by atoms with Crippen molar-refractivity contribution >= 4 is 32.4 Å². The number of likely N-dealkylation sites (N-methyl/N-ethyl adjacent to an activating group) is 2. The van der Waals surface area contributed by atoms with Crippen molar-refractivity contribution in [3.05, 3.63) is 72.3 Å². The van der Waals surface area contributed by atoms with Crippen LogP contribution >= 0.6 is 0 Å². The van der Waals surface area contributed by atoms with Gasteiger partial charge >= 0.3 is 0 Å². The Bertz CT molecular complexity index is 1090. The van der Waals surface area contributed by atoms with Gasteiger partial charge in [0.2, 0.25) is 15.9 Å². The SMILES string of the molecule is CCN(C(=O)CN(C)S(=O)(=O)c1ccc(C)cc1)c1cccc2ccccc12. The maximum Gasteiger partial charge on any atom is 0.243 e. The van der Waals surface area contributed by atoms with Gasteiger partial charge in [-0.05, 0) is 37.4 Å². The van der Waals surface area contributed by atoms with Crippen molar-refractivity contribution in [1.29, 1.82) is 0 Å². The molecule has 0 atom stereocenters. The van der Waals surface area contributed by atoms with E-state index in [1.54, 1.807) is 29.2 Å². The van der Waals surface area contributed by atoms with Crippen LogP contribution in [0, 0.1) is 6.92 Å². The summed E-state index contributed by atoms with van der Waals surface area (Å²) in [7, 11) is -2.30. The summed E-state index contributed by atoms with van der Waals surface area (Å²) >= 11 is 0. The third-order valence-corrected chi connectivity index (χ3v) is 6.58. The summed E-state index contributed by atoms with van der Waals surface area (Å²) in [6.45, 7) is 4.00. The Hall–Kier alpha value is -2.70. The van der Waals surface area contributed by atoms with Gasteiger partial charge in [0.1, 0.15) is 0 Å². The summed E-state index contributed by atoms with van der Waals surface area (Å²) in [5.74, 6) is -0.267. The molecule has 0 saturated carbocycles. The molecule has 0 aromatic heterocycles. The first-order chi connectivity index (χ1) is 13.3. The number of carbonyl (C=O) groups excluding carboxylic acids is 1. The molecule has 1 amide bonds. The van der Waals surface area contributed by atoms with E-state index in [4.69, 9.17) is 0 Å². The maximum atomic E-state index is 13.0. The second-order valence-electron chi connectivity index (χ2n) is 6.71. The van der Waals surface area contributed by atoms with Crippen molar-refractivity contribution in [1.82, 2.24) is 4.31 Å². The van der Waals surface area contributed by atoms with E-state index in [1.165, 1.54) is 7.05 Å². The minimum absolute atomic E-state index is 0.182. The minimum Gasteiger partial charge on any atom is -0.311 e. The van der Waals surface area contributed by atoms with Gasteiger partial charge < -0.3 is 4.90 Å². The van der Waals surface area contributed by atoms with Crippen LogP contribution in [-0.2, 0) is 14.8 Å². The number of carbonyl (C=O) groups is 1. The molecule has 0 aliphatic rings. The van der Waals surface area contributed by atoms with Crippen molar-refractivity contribution in [2.45, 2.75) is 18.7 Å². The molecule has 0 saturated heterocycles. The van der Waals surface area contributed by atoms with Gasteiger partial charge in [-0.3, -0.25) is 4.79 Å². The van der Waals surface area contributed by atoms with E-state index in [0.29, 0.717) is 6.54 Å². The molecule has 146 valence electrons. The molecule has 3 aromatic carbocycles. The number of hydrogen-bond donors (Lipinski definition) is 0. The number of sulfonamides is 1. The molecule has 0 fully saturated rings. The quantitative estimate of drug-likeness (QED) is 0.636. The fourth-order valence-corrected chi connectivity index (χ4v) is 4.30. The van der Waals surface area contributed by atoms with Gasteiger partial charge in [0.15, 0.2) is 0 Å². The Morgan fingerprint density at radius 3 is 2.25 bits per heavy atom. The fourth-order valence-electron chi connectivity index (χ4n) is 3.18. The molecule has 5 nitrogen and oxygen atoms in total. The first-order valence-corrected chi connectivity index (χ1v) is 10.6. The summed E-state index contributed by atoms with van der Waals surface area (Å²) < 4.78 is 26.7. The number of aryl methyl sites for hydroxylation is 1. The van der Waals surface area contributed by atoms with Crippen molar-refractivity contribution in [2.24, 2.45) is 0 Å². The predicted molar refractivity (Wildman–Crippen MR) is 113 cm³/mol. The van der Waals surface area contributed by atoms with E-state index in [-0.39, 0.29) is 17.3 Å². The zero-order chi connectivity index (χ0) is 20.3. The van der Waals surface area contributed by atoms with Crippen molar-refractivity contribution in [3.8, 4) is 0 Å². The lowest BCUT2D eigenvalue weighted by atomic mass is 10.1. The number of rotatable bonds is 6. The highest BCUT2D eigenvalue weighted by Gasteiger charge is 2.25. The molecule has 0 N–H and O–H groups in total. The van der Waals surface area contributed by atoms with E-state index in [0.717, 1.165) is 26.3 Å². The number of benzene rings is 3. The first kappa shape index (κ1) is 20.0. The topological polar surface area (TPSA) is 57.7 Å². The Labute approximate surface area is 166 Å². The summed E-state index contributed by atoms with van der Waals surface area (Å²) in [5, 5.41) is 2.00. The van der Waals surface area contributed by atoms with Crippen LogP contribution in [0.5, 0.6) is 0 Å². The maximum absolute atomic E-state index is 13.0. The highest BCUT2D eigenvalue weighted by molar-refractivity contribution is 7.89. The largest absolute Gasteiger partial charge is 0.311 e. The second-order valence-corrected chi connectivity index (χ2v) is 8.76. The number of anilines is 1. The average molecular weight is 397 g/mol. The van der Waals surface area contributed by atoms with E-state index < -0.39 is 10.0 Å². The minimum atomic E-state index is -3.73. The summed E-state index contributed by atoms with van der Waals surface area (Å²) in [5.41, 5.74) is 1.76. The number of hydrogen-bond acceptors (Lipinski definition) is 3. The Morgan fingerprint density at radius 2 is 1.57 bits per heavy atom. The third-order valence-electron chi connectivity index (χ3n) is 4.76. The van der Waals surface area contributed by atoms with Gasteiger partial charge in [-0.1, -0.05) is 54.1 Å². The molecule has 3 aromatic rings. The van der Waals surface area contributed by atoms with Crippen molar-refractivity contribution < 1.29 is 13.2 Å². The molecule has 0 aliphatic carbocycles.